The lowest BCUT2D eigenvalue weighted by molar-refractivity contribution is -0.337. The summed E-state index contributed by atoms with van der Waals surface area (Å²) < 4.78 is 108. The molecular formula is C18H15F8NO. The Hall–Kier alpha value is -2.36. The van der Waals surface area contributed by atoms with Crippen LogP contribution in [0.25, 0.3) is 0 Å². The van der Waals surface area contributed by atoms with Gasteiger partial charge in [0.1, 0.15) is 0 Å². The molecule has 0 heterocycles. The molecule has 0 aromatic heterocycles. The molecule has 2 rings (SSSR count). The first-order valence-corrected chi connectivity index (χ1v) is 7.75. The van der Waals surface area contributed by atoms with E-state index in [4.69, 9.17) is 0 Å². The number of anilines is 1. The van der Waals surface area contributed by atoms with Crippen molar-refractivity contribution in [3.8, 4) is 0 Å². The largest absolute Gasteiger partial charge is 0.457 e. The van der Waals surface area contributed by atoms with Crippen molar-refractivity contribution < 1.29 is 40.2 Å². The van der Waals surface area contributed by atoms with Gasteiger partial charge in [-0.15, -0.1) is 0 Å². The van der Waals surface area contributed by atoms with Crippen LogP contribution in [0.2, 0.25) is 0 Å². The maximum absolute atomic E-state index is 14.4. The van der Waals surface area contributed by atoms with E-state index in [0.29, 0.717) is 17.8 Å². The van der Waals surface area contributed by atoms with Crippen LogP contribution in [0.15, 0.2) is 48.5 Å². The van der Waals surface area contributed by atoms with Crippen LogP contribution in [0, 0.1) is 0 Å². The van der Waals surface area contributed by atoms with E-state index in [2.05, 4.69) is 0 Å². The standard InChI is InChI=1S/C18H15F8NO/c1-27(2)12-9-7-11(8-10-12)15(28,17(22,23)18(24,25)26)13-5-3-4-6-14(13)16(19,20)21/h3-10,28H,1-2H3. The molecular weight excluding hydrogens is 398 g/mol. The van der Waals surface area contributed by atoms with Gasteiger partial charge in [0.25, 0.3) is 0 Å². The van der Waals surface area contributed by atoms with Gasteiger partial charge in [-0.2, -0.15) is 35.1 Å². The van der Waals surface area contributed by atoms with Crippen molar-refractivity contribution in [3.05, 3.63) is 65.2 Å². The van der Waals surface area contributed by atoms with E-state index in [1.807, 2.05) is 0 Å². The first-order valence-electron chi connectivity index (χ1n) is 7.75. The van der Waals surface area contributed by atoms with Gasteiger partial charge in [0.05, 0.1) is 5.56 Å². The minimum absolute atomic E-state index is 0.334. The molecule has 0 aliphatic carbocycles. The third-order valence-electron chi connectivity index (χ3n) is 4.23. The first-order chi connectivity index (χ1) is 12.6. The van der Waals surface area contributed by atoms with Crippen molar-refractivity contribution in [2.24, 2.45) is 0 Å². The topological polar surface area (TPSA) is 23.5 Å². The summed E-state index contributed by atoms with van der Waals surface area (Å²) in [6.07, 6.45) is -11.6. The second kappa shape index (κ2) is 6.91. The molecule has 0 saturated heterocycles. The van der Waals surface area contributed by atoms with Crippen molar-refractivity contribution in [1.82, 2.24) is 0 Å². The van der Waals surface area contributed by atoms with Crippen molar-refractivity contribution >= 4 is 5.69 Å². The quantitative estimate of drug-likeness (QED) is 0.697. The van der Waals surface area contributed by atoms with Gasteiger partial charge in [-0.25, -0.2) is 0 Å². The van der Waals surface area contributed by atoms with E-state index < -0.39 is 40.6 Å². The Kier molecular flexibility index (Phi) is 5.41. The monoisotopic (exact) mass is 413 g/mol. The summed E-state index contributed by atoms with van der Waals surface area (Å²) in [5, 5.41) is 10.6. The van der Waals surface area contributed by atoms with E-state index >= 15 is 0 Å². The van der Waals surface area contributed by atoms with Gasteiger partial charge in [-0.1, -0.05) is 30.3 Å². The van der Waals surface area contributed by atoms with Crippen LogP contribution < -0.4 is 4.90 Å². The zero-order valence-corrected chi connectivity index (χ0v) is 14.5. The van der Waals surface area contributed by atoms with Gasteiger partial charge in [-0.05, 0) is 23.8 Å². The van der Waals surface area contributed by atoms with Gasteiger partial charge < -0.3 is 10.0 Å². The van der Waals surface area contributed by atoms with Crippen LogP contribution in [-0.2, 0) is 11.8 Å². The number of hydrogen-bond donors (Lipinski definition) is 1. The summed E-state index contributed by atoms with van der Waals surface area (Å²) in [5.74, 6) is -5.92. The summed E-state index contributed by atoms with van der Waals surface area (Å²) in [4.78, 5) is 1.49. The molecule has 10 heteroatoms. The van der Waals surface area contributed by atoms with Crippen LogP contribution in [0.5, 0.6) is 0 Å². The van der Waals surface area contributed by atoms with Crippen LogP contribution in [-0.4, -0.2) is 31.3 Å². The molecule has 0 saturated carbocycles. The third-order valence-corrected chi connectivity index (χ3v) is 4.23. The highest BCUT2D eigenvalue weighted by molar-refractivity contribution is 5.51. The van der Waals surface area contributed by atoms with Crippen molar-refractivity contribution in [2.45, 2.75) is 23.9 Å². The number of aliphatic hydroxyl groups is 1. The van der Waals surface area contributed by atoms with Gasteiger partial charge >= 0.3 is 18.3 Å². The van der Waals surface area contributed by atoms with Gasteiger partial charge in [-0.3, -0.25) is 0 Å². The molecule has 0 amide bonds. The van der Waals surface area contributed by atoms with Crippen molar-refractivity contribution in [1.29, 1.82) is 0 Å². The highest BCUT2D eigenvalue weighted by Gasteiger charge is 2.72. The fourth-order valence-electron chi connectivity index (χ4n) is 2.76. The SMILES string of the molecule is CN(C)c1ccc(C(O)(c2ccccc2C(F)(F)F)C(F)(F)C(F)(F)F)cc1. The summed E-state index contributed by atoms with van der Waals surface area (Å²) >= 11 is 0. The molecule has 0 aliphatic rings. The highest BCUT2D eigenvalue weighted by atomic mass is 19.4. The Morgan fingerprint density at radius 2 is 1.18 bits per heavy atom. The molecule has 1 atom stereocenters. The predicted molar refractivity (Wildman–Crippen MR) is 86.2 cm³/mol. The second-order valence-electron chi connectivity index (χ2n) is 6.27. The minimum atomic E-state index is -6.32. The van der Waals surface area contributed by atoms with Gasteiger partial charge in [0.2, 0.25) is 0 Å². The molecule has 0 bridgehead atoms. The maximum atomic E-state index is 14.4. The molecule has 2 nitrogen and oxygen atoms in total. The van der Waals surface area contributed by atoms with E-state index in [9.17, 15) is 40.2 Å². The van der Waals surface area contributed by atoms with E-state index in [0.717, 1.165) is 36.4 Å². The lowest BCUT2D eigenvalue weighted by Crippen LogP contribution is -2.56. The van der Waals surface area contributed by atoms with Crippen LogP contribution in [0.3, 0.4) is 0 Å². The molecule has 1 N–H and O–H groups in total. The zero-order valence-electron chi connectivity index (χ0n) is 14.5. The van der Waals surface area contributed by atoms with E-state index in [1.54, 1.807) is 14.1 Å². The molecule has 1 unspecified atom stereocenters. The molecule has 2 aromatic carbocycles. The Morgan fingerprint density at radius 1 is 0.714 bits per heavy atom. The highest BCUT2D eigenvalue weighted by Crippen LogP contribution is 2.54. The first kappa shape index (κ1) is 21.9. The summed E-state index contributed by atoms with van der Waals surface area (Å²) in [6.45, 7) is 0. The Bertz CT molecular complexity index is 827. The van der Waals surface area contributed by atoms with Crippen molar-refractivity contribution in [2.75, 3.05) is 19.0 Å². The van der Waals surface area contributed by atoms with Crippen molar-refractivity contribution in [3.63, 3.8) is 0 Å². The van der Waals surface area contributed by atoms with E-state index in [1.165, 1.54) is 4.90 Å². The molecule has 0 aliphatic heterocycles. The number of alkyl halides is 8. The minimum Gasteiger partial charge on any atom is -0.378 e. The average Bonchev–Trinajstić information content (AvgIpc) is 2.59. The fourth-order valence-corrected chi connectivity index (χ4v) is 2.76. The second-order valence-corrected chi connectivity index (χ2v) is 6.27. The van der Waals surface area contributed by atoms with E-state index in [-0.39, 0.29) is 0 Å². The normalized spacial score (nSPS) is 15.2. The lowest BCUT2D eigenvalue weighted by atomic mass is 9.78. The van der Waals surface area contributed by atoms with Crippen LogP contribution >= 0.6 is 0 Å². The summed E-state index contributed by atoms with van der Waals surface area (Å²) in [7, 11) is 3.12. The predicted octanol–water partition coefficient (Wildman–Crippen LogP) is 5.20. The Labute approximate surface area is 155 Å². The molecule has 28 heavy (non-hydrogen) atoms. The molecule has 2 aromatic rings. The van der Waals surface area contributed by atoms with Crippen LogP contribution in [0.1, 0.15) is 16.7 Å². The summed E-state index contributed by atoms with van der Waals surface area (Å²) in [6, 6.07) is 6.11. The maximum Gasteiger partial charge on any atom is 0.457 e. The number of halogens is 8. The third kappa shape index (κ3) is 3.52. The smallest absolute Gasteiger partial charge is 0.378 e. The number of hydrogen-bond acceptors (Lipinski definition) is 2. The van der Waals surface area contributed by atoms with Gasteiger partial charge in [0, 0.05) is 25.3 Å². The lowest BCUT2D eigenvalue weighted by Gasteiger charge is -2.39. The van der Waals surface area contributed by atoms with Crippen LogP contribution in [0.4, 0.5) is 40.8 Å². The van der Waals surface area contributed by atoms with Gasteiger partial charge in [0.15, 0.2) is 5.60 Å². The zero-order chi connectivity index (χ0) is 21.5. The summed E-state index contributed by atoms with van der Waals surface area (Å²) in [5.41, 5.74) is -8.34. The molecule has 0 radical (unpaired) electrons. The Morgan fingerprint density at radius 3 is 1.57 bits per heavy atom. The molecule has 154 valence electrons. The molecule has 0 fully saturated rings. The molecule has 0 spiro atoms. The number of benzene rings is 2. The number of rotatable bonds is 4. The average molecular weight is 413 g/mol. The Balaban J connectivity index is 2.87. The number of nitrogens with zero attached hydrogens (tertiary/aromatic N) is 1. The fraction of sp³-hybridized carbons (Fsp3) is 0.333.